The maximum atomic E-state index is 4.83. The molecule has 0 fully saturated rings. The van der Waals surface area contributed by atoms with Crippen molar-refractivity contribution >= 4 is 49.2 Å². The Morgan fingerprint density at radius 2 is 1.78 bits per heavy atom. The minimum absolute atomic E-state index is 0.0730. The Kier molecular flexibility index (Phi) is 3.84. The van der Waals surface area contributed by atoms with Crippen LogP contribution in [0.2, 0.25) is 0 Å². The molecule has 36 heavy (non-hydrogen) atoms. The zero-order valence-electron chi connectivity index (χ0n) is 20.4. The normalized spacial score (nSPS) is 16.4. The Hall–Kier alpha value is -4.24. The van der Waals surface area contributed by atoms with E-state index in [1.54, 1.807) is 0 Å². The van der Waals surface area contributed by atoms with Gasteiger partial charge in [-0.25, -0.2) is 0 Å². The number of para-hydroxylation sites is 1. The molecule has 0 radical (unpaired) electrons. The quantitative estimate of drug-likeness (QED) is 0.230. The standard InChI is InChI=1S/C33H25N3/c1-33(2)25-12-5-3-10-21(25)23-16-17-24-22-11-4-6-14-27(22)36(32(24)30(23)33)28-15-7-13-26-29(28)31-20(19-35-26)9-8-18-34-31/h4-9,11-19H,3,10H2,1-2H3. The van der Waals surface area contributed by atoms with E-state index in [2.05, 4.69) is 91.2 Å². The van der Waals surface area contributed by atoms with E-state index in [-0.39, 0.29) is 5.41 Å². The highest BCUT2D eigenvalue weighted by Crippen LogP contribution is 2.53. The summed E-state index contributed by atoms with van der Waals surface area (Å²) in [4.78, 5) is 9.66. The highest BCUT2D eigenvalue weighted by molar-refractivity contribution is 6.15. The highest BCUT2D eigenvalue weighted by atomic mass is 15.0. The van der Waals surface area contributed by atoms with Crippen LogP contribution in [-0.2, 0) is 5.41 Å². The van der Waals surface area contributed by atoms with Crippen LogP contribution in [0.1, 0.15) is 37.8 Å². The molecule has 3 aromatic carbocycles. The molecule has 2 aliphatic carbocycles. The Bertz CT molecular complexity index is 1970. The van der Waals surface area contributed by atoms with Gasteiger partial charge in [-0.15, -0.1) is 0 Å². The van der Waals surface area contributed by atoms with Crippen molar-refractivity contribution in [2.24, 2.45) is 0 Å². The lowest BCUT2D eigenvalue weighted by Crippen LogP contribution is -2.18. The molecule has 0 unspecified atom stereocenters. The topological polar surface area (TPSA) is 30.7 Å². The van der Waals surface area contributed by atoms with E-state index >= 15 is 0 Å². The molecule has 0 atom stereocenters. The number of nitrogens with zero attached hydrogens (tertiary/aromatic N) is 3. The number of hydrogen-bond acceptors (Lipinski definition) is 2. The van der Waals surface area contributed by atoms with Gasteiger partial charge in [0.05, 0.1) is 33.1 Å². The smallest absolute Gasteiger partial charge is 0.0832 e. The predicted octanol–water partition coefficient (Wildman–Crippen LogP) is 8.27. The van der Waals surface area contributed by atoms with Crippen LogP contribution in [0.25, 0.3) is 54.9 Å². The zero-order valence-corrected chi connectivity index (χ0v) is 20.4. The van der Waals surface area contributed by atoms with E-state index in [0.29, 0.717) is 0 Å². The summed E-state index contributed by atoms with van der Waals surface area (Å²) in [5.74, 6) is 0. The SMILES string of the molecule is CC1(C)C2=C(CCC=C2)c2ccc3c4ccccc4n(-c4cccc5ncc6cccnc6c45)c3c21. The highest BCUT2D eigenvalue weighted by Gasteiger charge is 2.40. The van der Waals surface area contributed by atoms with Gasteiger partial charge in [0.25, 0.3) is 0 Å². The van der Waals surface area contributed by atoms with Crippen molar-refractivity contribution in [1.29, 1.82) is 0 Å². The molecule has 3 aromatic heterocycles. The first kappa shape index (κ1) is 20.0. The molecule has 0 amide bonds. The molecule has 0 bridgehead atoms. The molecule has 0 saturated heterocycles. The molecule has 0 aliphatic heterocycles. The van der Waals surface area contributed by atoms with Crippen molar-refractivity contribution in [1.82, 2.24) is 14.5 Å². The van der Waals surface area contributed by atoms with Gasteiger partial charge in [-0.05, 0) is 65.4 Å². The van der Waals surface area contributed by atoms with Crippen molar-refractivity contribution in [2.45, 2.75) is 32.1 Å². The Morgan fingerprint density at radius 3 is 2.72 bits per heavy atom. The molecular formula is C33H25N3. The molecule has 6 aromatic rings. The van der Waals surface area contributed by atoms with E-state index in [0.717, 1.165) is 40.3 Å². The van der Waals surface area contributed by atoms with E-state index in [4.69, 9.17) is 9.97 Å². The van der Waals surface area contributed by atoms with Crippen LogP contribution < -0.4 is 0 Å². The van der Waals surface area contributed by atoms with Gasteiger partial charge in [0, 0.05) is 34.0 Å². The first-order valence-corrected chi connectivity index (χ1v) is 12.7. The number of rotatable bonds is 1. The minimum Gasteiger partial charge on any atom is -0.308 e. The summed E-state index contributed by atoms with van der Waals surface area (Å²) >= 11 is 0. The third kappa shape index (κ3) is 2.42. The summed E-state index contributed by atoms with van der Waals surface area (Å²) in [6, 6.07) is 24.1. The van der Waals surface area contributed by atoms with E-state index in [1.165, 1.54) is 44.1 Å². The number of aromatic nitrogens is 3. The molecular weight excluding hydrogens is 438 g/mol. The van der Waals surface area contributed by atoms with E-state index in [1.807, 2.05) is 18.5 Å². The molecule has 0 saturated carbocycles. The zero-order chi connectivity index (χ0) is 24.0. The van der Waals surface area contributed by atoms with Crippen LogP contribution in [0.5, 0.6) is 0 Å². The third-order valence-electron chi connectivity index (χ3n) is 8.31. The second-order valence-electron chi connectivity index (χ2n) is 10.6. The molecule has 8 rings (SSSR count). The Balaban J connectivity index is 1.60. The minimum atomic E-state index is -0.0730. The van der Waals surface area contributed by atoms with Crippen molar-refractivity contribution in [3.8, 4) is 5.69 Å². The van der Waals surface area contributed by atoms with Crippen molar-refractivity contribution < 1.29 is 0 Å². The molecule has 3 nitrogen and oxygen atoms in total. The molecule has 3 heteroatoms. The molecule has 172 valence electrons. The van der Waals surface area contributed by atoms with Gasteiger partial charge in [0.2, 0.25) is 0 Å². The number of benzene rings is 3. The lowest BCUT2D eigenvalue weighted by molar-refractivity contribution is 0.655. The number of pyridine rings is 2. The molecule has 0 N–H and O–H groups in total. The Morgan fingerprint density at radius 1 is 0.861 bits per heavy atom. The van der Waals surface area contributed by atoms with Crippen LogP contribution in [-0.4, -0.2) is 14.5 Å². The molecule has 2 aliphatic rings. The number of fused-ring (bicyclic) bond motifs is 9. The van der Waals surface area contributed by atoms with Crippen LogP contribution in [0, 0.1) is 0 Å². The molecule has 3 heterocycles. The summed E-state index contributed by atoms with van der Waals surface area (Å²) < 4.78 is 2.49. The van der Waals surface area contributed by atoms with Crippen LogP contribution in [0.15, 0.2) is 96.8 Å². The fourth-order valence-electron chi connectivity index (χ4n) is 6.79. The second kappa shape index (κ2) is 6.92. The van der Waals surface area contributed by atoms with Crippen molar-refractivity contribution in [2.75, 3.05) is 0 Å². The fraction of sp³-hybridized carbons (Fsp3) is 0.152. The maximum Gasteiger partial charge on any atom is 0.0832 e. The first-order chi connectivity index (χ1) is 17.6. The average Bonchev–Trinajstić information content (AvgIpc) is 3.37. The fourth-order valence-corrected chi connectivity index (χ4v) is 6.79. The monoisotopic (exact) mass is 463 g/mol. The van der Waals surface area contributed by atoms with E-state index < -0.39 is 0 Å². The van der Waals surface area contributed by atoms with Crippen LogP contribution in [0.3, 0.4) is 0 Å². The van der Waals surface area contributed by atoms with Gasteiger partial charge in [0.1, 0.15) is 0 Å². The average molecular weight is 464 g/mol. The predicted molar refractivity (Wildman–Crippen MR) is 150 cm³/mol. The van der Waals surface area contributed by atoms with Gasteiger partial charge in [-0.1, -0.05) is 62.4 Å². The Labute approximate surface area is 209 Å². The largest absolute Gasteiger partial charge is 0.308 e. The van der Waals surface area contributed by atoms with Crippen LogP contribution in [0.4, 0.5) is 0 Å². The lowest BCUT2D eigenvalue weighted by atomic mass is 9.79. The lowest BCUT2D eigenvalue weighted by Gasteiger charge is -2.26. The second-order valence-corrected chi connectivity index (χ2v) is 10.6. The summed E-state index contributed by atoms with van der Waals surface area (Å²) in [5.41, 5.74) is 11.4. The maximum absolute atomic E-state index is 4.83. The van der Waals surface area contributed by atoms with Gasteiger partial charge in [-0.2, -0.15) is 0 Å². The van der Waals surface area contributed by atoms with Gasteiger partial charge in [0.15, 0.2) is 0 Å². The summed E-state index contributed by atoms with van der Waals surface area (Å²) in [5, 5.41) is 4.75. The number of hydrogen-bond donors (Lipinski definition) is 0. The number of allylic oxidation sites excluding steroid dienone is 4. The van der Waals surface area contributed by atoms with Gasteiger partial charge in [-0.3, -0.25) is 9.97 Å². The van der Waals surface area contributed by atoms with Crippen LogP contribution >= 0.6 is 0 Å². The summed E-state index contributed by atoms with van der Waals surface area (Å²) in [7, 11) is 0. The molecule has 0 spiro atoms. The van der Waals surface area contributed by atoms with E-state index in [9.17, 15) is 0 Å². The van der Waals surface area contributed by atoms with Gasteiger partial charge < -0.3 is 4.57 Å². The summed E-state index contributed by atoms with van der Waals surface area (Å²) in [6.07, 6.45) is 10.8. The van der Waals surface area contributed by atoms with Crippen molar-refractivity contribution in [3.05, 3.63) is 108 Å². The van der Waals surface area contributed by atoms with Gasteiger partial charge >= 0.3 is 0 Å². The first-order valence-electron chi connectivity index (χ1n) is 12.7. The third-order valence-corrected chi connectivity index (χ3v) is 8.31. The summed E-state index contributed by atoms with van der Waals surface area (Å²) in [6.45, 7) is 4.79. The van der Waals surface area contributed by atoms with Crippen molar-refractivity contribution in [3.63, 3.8) is 0 Å².